The maximum absolute atomic E-state index is 12.2. The SMILES string of the molecule is CCOC(=O)c1c[nH]c(/C=C(\C(C)=O)c2c(C)nc(N)[nH]c2=O)c1C.CCc1ncc(C)c(OC)c1C. The van der Waals surface area contributed by atoms with Crippen molar-refractivity contribution in [2.45, 2.75) is 54.9 Å². The van der Waals surface area contributed by atoms with Gasteiger partial charge in [0.1, 0.15) is 5.75 Å². The number of aromatic amines is 2. The number of allylic oxidation sites excluding steroid dienone is 1. The minimum atomic E-state index is -0.499. The summed E-state index contributed by atoms with van der Waals surface area (Å²) < 4.78 is 10.3. The number of rotatable bonds is 7. The van der Waals surface area contributed by atoms with Gasteiger partial charge in [0.2, 0.25) is 5.95 Å². The van der Waals surface area contributed by atoms with Crippen LogP contribution in [0.2, 0.25) is 0 Å². The summed E-state index contributed by atoms with van der Waals surface area (Å²) in [5.41, 5.74) is 10.6. The minimum absolute atomic E-state index is 0.0187. The second-order valence-corrected chi connectivity index (χ2v) is 8.39. The molecule has 0 aliphatic heterocycles. The number of nitrogens with zero attached hydrogens (tertiary/aromatic N) is 2. The van der Waals surface area contributed by atoms with Crippen molar-refractivity contribution < 1.29 is 19.1 Å². The Morgan fingerprint density at radius 2 is 1.81 bits per heavy atom. The maximum Gasteiger partial charge on any atom is 0.339 e. The molecule has 4 N–H and O–H groups in total. The molecule has 3 aromatic heterocycles. The number of esters is 1. The number of nitrogens with one attached hydrogen (secondary N) is 2. The summed E-state index contributed by atoms with van der Waals surface area (Å²) in [4.78, 5) is 49.9. The minimum Gasteiger partial charge on any atom is -0.496 e. The van der Waals surface area contributed by atoms with Gasteiger partial charge in [-0.05, 0) is 59.6 Å². The summed E-state index contributed by atoms with van der Waals surface area (Å²) in [7, 11) is 1.70. The van der Waals surface area contributed by atoms with Crippen LogP contribution in [0.3, 0.4) is 0 Å². The van der Waals surface area contributed by atoms with E-state index in [1.807, 2.05) is 13.1 Å². The van der Waals surface area contributed by atoms with Crippen molar-refractivity contribution >= 4 is 29.4 Å². The average Bonchev–Trinajstić information content (AvgIpc) is 3.19. The van der Waals surface area contributed by atoms with E-state index in [1.165, 1.54) is 24.8 Å². The van der Waals surface area contributed by atoms with Crippen LogP contribution < -0.4 is 16.0 Å². The third-order valence-electron chi connectivity index (χ3n) is 5.82. The first kappa shape index (κ1) is 29.0. The molecule has 0 bridgehead atoms. The molecule has 37 heavy (non-hydrogen) atoms. The van der Waals surface area contributed by atoms with E-state index in [9.17, 15) is 14.4 Å². The predicted octanol–water partition coefficient (Wildman–Crippen LogP) is 3.87. The molecule has 0 fully saturated rings. The highest BCUT2D eigenvalue weighted by Crippen LogP contribution is 2.24. The molecular formula is C27H35N5O5. The second kappa shape index (κ2) is 12.7. The van der Waals surface area contributed by atoms with Crippen molar-refractivity contribution in [2.75, 3.05) is 19.5 Å². The normalized spacial score (nSPS) is 11.0. The third kappa shape index (κ3) is 6.72. The third-order valence-corrected chi connectivity index (χ3v) is 5.82. The van der Waals surface area contributed by atoms with Gasteiger partial charge in [-0.25, -0.2) is 9.78 Å². The molecule has 10 nitrogen and oxygen atoms in total. The van der Waals surface area contributed by atoms with E-state index in [-0.39, 0.29) is 29.5 Å². The number of aromatic nitrogens is 4. The van der Waals surface area contributed by atoms with E-state index >= 15 is 0 Å². The van der Waals surface area contributed by atoms with Crippen LogP contribution in [0.15, 0.2) is 17.2 Å². The average molecular weight is 510 g/mol. The van der Waals surface area contributed by atoms with Gasteiger partial charge >= 0.3 is 5.97 Å². The lowest BCUT2D eigenvalue weighted by Crippen LogP contribution is -2.19. The maximum atomic E-state index is 12.2. The Balaban J connectivity index is 0.000000335. The highest BCUT2D eigenvalue weighted by atomic mass is 16.5. The highest BCUT2D eigenvalue weighted by molar-refractivity contribution is 6.24. The first-order valence-corrected chi connectivity index (χ1v) is 11.9. The Bertz CT molecular complexity index is 1380. The van der Waals surface area contributed by atoms with Gasteiger partial charge in [-0.2, -0.15) is 0 Å². The largest absolute Gasteiger partial charge is 0.496 e. The van der Waals surface area contributed by atoms with Crippen LogP contribution in [0.25, 0.3) is 11.6 Å². The van der Waals surface area contributed by atoms with Gasteiger partial charge in [-0.15, -0.1) is 0 Å². The summed E-state index contributed by atoms with van der Waals surface area (Å²) in [6.45, 7) is 12.8. The lowest BCUT2D eigenvalue weighted by atomic mass is 10.00. The lowest BCUT2D eigenvalue weighted by molar-refractivity contribution is -0.111. The van der Waals surface area contributed by atoms with Gasteiger partial charge in [-0.3, -0.25) is 19.6 Å². The van der Waals surface area contributed by atoms with Crippen molar-refractivity contribution in [1.82, 2.24) is 19.9 Å². The Hall–Kier alpha value is -4.21. The molecule has 0 aromatic carbocycles. The number of ketones is 1. The molecular weight excluding hydrogens is 474 g/mol. The van der Waals surface area contributed by atoms with Crippen molar-refractivity contribution in [3.05, 3.63) is 67.6 Å². The molecule has 3 heterocycles. The molecule has 0 radical (unpaired) electrons. The number of aryl methyl sites for hydroxylation is 3. The summed E-state index contributed by atoms with van der Waals surface area (Å²) in [6.07, 6.45) is 5.86. The van der Waals surface area contributed by atoms with Gasteiger partial charge in [0.25, 0.3) is 5.56 Å². The van der Waals surface area contributed by atoms with E-state index < -0.39 is 11.5 Å². The Morgan fingerprint density at radius 1 is 1.14 bits per heavy atom. The molecule has 10 heteroatoms. The highest BCUT2D eigenvalue weighted by Gasteiger charge is 2.19. The molecule has 0 saturated carbocycles. The van der Waals surface area contributed by atoms with Crippen LogP contribution in [0.1, 0.15) is 70.5 Å². The molecule has 0 spiro atoms. The van der Waals surface area contributed by atoms with Crippen LogP contribution in [-0.2, 0) is 16.0 Å². The zero-order valence-corrected chi connectivity index (χ0v) is 22.7. The van der Waals surface area contributed by atoms with E-state index in [2.05, 4.69) is 33.8 Å². The number of nitrogens with two attached hydrogens (primary N) is 1. The fourth-order valence-corrected chi connectivity index (χ4v) is 3.93. The predicted molar refractivity (Wildman–Crippen MR) is 144 cm³/mol. The fourth-order valence-electron chi connectivity index (χ4n) is 3.93. The standard InChI is InChI=1S/C17H20N4O4.C10H15NO/c1-5-25-16(24)12-7-19-13(8(12)2)6-11(10(4)22)14-9(3)20-17(18)21-15(14)23;1-5-9-8(3)10(12-4)7(2)6-11-9/h6-7,19H,5H2,1-4H3,(H3,18,20,21,23);6H,5H2,1-4H3/b11-6+;. The number of carbonyl (C=O) groups excluding carboxylic acids is 2. The number of anilines is 1. The molecule has 0 atom stereocenters. The van der Waals surface area contributed by atoms with Crippen LogP contribution in [0, 0.1) is 27.7 Å². The molecule has 0 aliphatic carbocycles. The summed E-state index contributed by atoms with van der Waals surface area (Å²) in [5.74, 6) is 0.187. The van der Waals surface area contributed by atoms with Crippen molar-refractivity contribution in [2.24, 2.45) is 0 Å². The molecule has 0 saturated heterocycles. The number of ether oxygens (including phenoxy) is 2. The lowest BCUT2D eigenvalue weighted by Gasteiger charge is -2.10. The number of hydrogen-bond acceptors (Lipinski definition) is 8. The number of methoxy groups -OCH3 is 1. The Labute approximate surface area is 216 Å². The van der Waals surface area contributed by atoms with Crippen molar-refractivity contribution in [1.29, 1.82) is 0 Å². The zero-order chi connectivity index (χ0) is 27.9. The van der Waals surface area contributed by atoms with Crippen LogP contribution in [-0.4, -0.2) is 45.4 Å². The quantitative estimate of drug-likeness (QED) is 0.320. The number of nitrogen functional groups attached to an aromatic ring is 1. The Morgan fingerprint density at radius 3 is 2.35 bits per heavy atom. The molecule has 0 aliphatic rings. The molecule has 3 rings (SSSR count). The van der Waals surface area contributed by atoms with Crippen LogP contribution in [0.5, 0.6) is 5.75 Å². The van der Waals surface area contributed by atoms with Gasteiger partial charge < -0.3 is 20.2 Å². The van der Waals surface area contributed by atoms with Gasteiger partial charge in [0.05, 0.1) is 30.5 Å². The van der Waals surface area contributed by atoms with Gasteiger partial charge in [0, 0.05) is 40.5 Å². The number of hydrogen-bond donors (Lipinski definition) is 3. The van der Waals surface area contributed by atoms with Crippen LogP contribution >= 0.6 is 0 Å². The fraction of sp³-hybridized carbons (Fsp3) is 0.370. The first-order chi connectivity index (χ1) is 17.5. The van der Waals surface area contributed by atoms with Gasteiger partial charge in [-0.1, -0.05) is 6.92 Å². The summed E-state index contributed by atoms with van der Waals surface area (Å²) in [6, 6.07) is 0. The molecule has 3 aromatic rings. The van der Waals surface area contributed by atoms with Crippen molar-refractivity contribution in [3.63, 3.8) is 0 Å². The smallest absolute Gasteiger partial charge is 0.339 e. The van der Waals surface area contributed by atoms with E-state index in [1.54, 1.807) is 27.9 Å². The topological polar surface area (TPSA) is 153 Å². The van der Waals surface area contributed by atoms with Gasteiger partial charge in [0.15, 0.2) is 5.78 Å². The first-order valence-electron chi connectivity index (χ1n) is 11.9. The van der Waals surface area contributed by atoms with Crippen LogP contribution in [0.4, 0.5) is 5.95 Å². The van der Waals surface area contributed by atoms with E-state index in [4.69, 9.17) is 15.2 Å². The number of Topliss-reactive ketones (excluding diaryl/α,β-unsaturated/α-hetero) is 1. The number of pyridine rings is 1. The van der Waals surface area contributed by atoms with E-state index in [0.717, 1.165) is 23.4 Å². The molecule has 0 unspecified atom stereocenters. The van der Waals surface area contributed by atoms with E-state index in [0.29, 0.717) is 22.5 Å². The second-order valence-electron chi connectivity index (χ2n) is 8.39. The van der Waals surface area contributed by atoms with Crippen molar-refractivity contribution in [3.8, 4) is 5.75 Å². The molecule has 0 amide bonds. The molecule has 198 valence electrons. The Kier molecular flexibility index (Phi) is 9.93. The number of carbonyl (C=O) groups is 2. The number of H-pyrrole nitrogens is 2. The summed E-state index contributed by atoms with van der Waals surface area (Å²) in [5, 5.41) is 0. The monoisotopic (exact) mass is 509 g/mol. The summed E-state index contributed by atoms with van der Waals surface area (Å²) >= 11 is 0. The zero-order valence-electron chi connectivity index (χ0n) is 22.7.